The van der Waals surface area contributed by atoms with Crippen LogP contribution in [0.25, 0.3) is 16.0 Å². The van der Waals surface area contributed by atoms with E-state index in [1.807, 2.05) is 13.0 Å². The molecule has 1 amide bonds. The number of amides is 1. The van der Waals surface area contributed by atoms with Crippen molar-refractivity contribution in [3.8, 4) is 5.75 Å². The van der Waals surface area contributed by atoms with E-state index in [-0.39, 0.29) is 11.1 Å². The Bertz CT molecular complexity index is 1500. The van der Waals surface area contributed by atoms with Gasteiger partial charge >= 0.3 is 5.91 Å². The topological polar surface area (TPSA) is 79.7 Å². The molecule has 1 atom stereocenters. The van der Waals surface area contributed by atoms with E-state index in [4.69, 9.17) is 16.3 Å². The van der Waals surface area contributed by atoms with E-state index in [2.05, 4.69) is 4.98 Å². The molecule has 0 bridgehead atoms. The van der Waals surface area contributed by atoms with Gasteiger partial charge in [-0.2, -0.15) is 0 Å². The van der Waals surface area contributed by atoms with E-state index >= 15 is 0 Å². The summed E-state index contributed by atoms with van der Waals surface area (Å²) in [6.07, 6.45) is 0. The number of hydrogen-bond acceptors (Lipinski definition) is 6. The third-order valence-corrected chi connectivity index (χ3v) is 6.84. The quantitative estimate of drug-likeness (QED) is 0.200. The van der Waals surface area contributed by atoms with Crippen molar-refractivity contribution in [1.82, 2.24) is 4.98 Å². The van der Waals surface area contributed by atoms with Crippen molar-refractivity contribution in [2.24, 2.45) is 0 Å². The van der Waals surface area contributed by atoms with Crippen LogP contribution in [0, 0.1) is 5.82 Å². The number of aliphatic hydroxyl groups excluding tert-OH is 1. The number of thiazole rings is 1. The summed E-state index contributed by atoms with van der Waals surface area (Å²) < 4.78 is 19.8. The average Bonchev–Trinajstić information content (AvgIpc) is 3.37. The Morgan fingerprint density at radius 3 is 2.63 bits per heavy atom. The maximum Gasteiger partial charge on any atom is 0.301 e. The fourth-order valence-electron chi connectivity index (χ4n) is 4.04. The lowest BCUT2D eigenvalue weighted by Gasteiger charge is -2.23. The van der Waals surface area contributed by atoms with Crippen LogP contribution in [0.15, 0.2) is 72.3 Å². The van der Waals surface area contributed by atoms with Gasteiger partial charge in [0.1, 0.15) is 17.3 Å². The molecule has 176 valence electrons. The van der Waals surface area contributed by atoms with Crippen molar-refractivity contribution in [2.45, 2.75) is 13.0 Å². The number of fused-ring (bicyclic) bond motifs is 1. The molecule has 1 aliphatic heterocycles. The molecule has 5 rings (SSSR count). The van der Waals surface area contributed by atoms with Crippen LogP contribution in [0.4, 0.5) is 9.52 Å². The second-order valence-electron chi connectivity index (χ2n) is 7.79. The van der Waals surface area contributed by atoms with E-state index in [9.17, 15) is 19.1 Å². The summed E-state index contributed by atoms with van der Waals surface area (Å²) in [4.78, 5) is 32.4. The second-order valence-corrected chi connectivity index (χ2v) is 9.24. The molecule has 0 saturated carbocycles. The van der Waals surface area contributed by atoms with Crippen molar-refractivity contribution >= 4 is 55.7 Å². The number of carbonyl (C=O) groups is 2. The minimum absolute atomic E-state index is 0.127. The summed E-state index contributed by atoms with van der Waals surface area (Å²) >= 11 is 7.46. The number of Topliss-reactive ketones (excluding diaryl/α,β-unsaturated/α-hetero) is 1. The van der Waals surface area contributed by atoms with Gasteiger partial charge in [0.15, 0.2) is 5.13 Å². The van der Waals surface area contributed by atoms with Gasteiger partial charge in [-0.05, 0) is 67.1 Å². The molecular weight excluding hydrogens is 491 g/mol. The van der Waals surface area contributed by atoms with E-state index < -0.39 is 29.3 Å². The molecule has 4 aromatic rings. The van der Waals surface area contributed by atoms with E-state index in [1.54, 1.807) is 36.4 Å². The Labute approximate surface area is 208 Å². The number of anilines is 1. The molecule has 1 aromatic heterocycles. The largest absolute Gasteiger partial charge is 0.507 e. The fourth-order valence-corrected chi connectivity index (χ4v) is 5.26. The summed E-state index contributed by atoms with van der Waals surface area (Å²) in [5.74, 6) is -1.93. The smallest absolute Gasteiger partial charge is 0.301 e. The molecule has 6 nitrogen and oxygen atoms in total. The third-order valence-electron chi connectivity index (χ3n) is 5.59. The lowest BCUT2D eigenvalue weighted by molar-refractivity contribution is -0.132. The summed E-state index contributed by atoms with van der Waals surface area (Å²) in [5, 5.41) is 11.8. The first-order valence-electron chi connectivity index (χ1n) is 10.7. The maximum atomic E-state index is 13.5. The molecule has 35 heavy (non-hydrogen) atoms. The van der Waals surface area contributed by atoms with Gasteiger partial charge < -0.3 is 9.84 Å². The van der Waals surface area contributed by atoms with E-state index in [1.165, 1.54) is 40.5 Å². The first-order chi connectivity index (χ1) is 16.9. The molecule has 1 fully saturated rings. The lowest BCUT2D eigenvalue weighted by Crippen LogP contribution is -2.29. The summed E-state index contributed by atoms with van der Waals surface area (Å²) in [6, 6.07) is 16.2. The molecule has 0 spiro atoms. The average molecular weight is 509 g/mol. The minimum Gasteiger partial charge on any atom is -0.507 e. The Kier molecular flexibility index (Phi) is 6.00. The van der Waals surface area contributed by atoms with Gasteiger partial charge in [-0.3, -0.25) is 14.5 Å². The second kappa shape index (κ2) is 9.13. The molecule has 2 heterocycles. The van der Waals surface area contributed by atoms with Crippen LogP contribution in [0.2, 0.25) is 5.02 Å². The maximum absolute atomic E-state index is 13.5. The number of aromatic nitrogens is 1. The van der Waals surface area contributed by atoms with Crippen LogP contribution in [0.1, 0.15) is 24.1 Å². The number of hydrogen-bond donors (Lipinski definition) is 1. The van der Waals surface area contributed by atoms with Crippen LogP contribution >= 0.6 is 22.9 Å². The highest BCUT2D eigenvalue weighted by atomic mass is 35.5. The number of aliphatic hydroxyl groups is 1. The molecule has 1 saturated heterocycles. The van der Waals surface area contributed by atoms with Crippen molar-refractivity contribution < 1.29 is 23.8 Å². The van der Waals surface area contributed by atoms with Crippen molar-refractivity contribution in [1.29, 1.82) is 0 Å². The molecule has 1 aliphatic rings. The van der Waals surface area contributed by atoms with Crippen molar-refractivity contribution in [2.75, 3.05) is 11.5 Å². The highest BCUT2D eigenvalue weighted by molar-refractivity contribution is 7.22. The number of ketones is 1. The first-order valence-corrected chi connectivity index (χ1v) is 11.9. The van der Waals surface area contributed by atoms with Crippen LogP contribution in [0.5, 0.6) is 5.75 Å². The zero-order chi connectivity index (χ0) is 24.7. The lowest BCUT2D eigenvalue weighted by atomic mass is 9.95. The number of rotatable bonds is 5. The predicted molar refractivity (Wildman–Crippen MR) is 133 cm³/mol. The molecule has 9 heteroatoms. The first kappa shape index (κ1) is 23.0. The van der Waals surface area contributed by atoms with Crippen LogP contribution < -0.4 is 9.64 Å². The highest BCUT2D eigenvalue weighted by Gasteiger charge is 2.48. The molecule has 3 aromatic carbocycles. The number of nitrogens with zero attached hydrogens (tertiary/aromatic N) is 2. The van der Waals surface area contributed by atoms with Gasteiger partial charge in [0.05, 0.1) is 28.4 Å². The van der Waals surface area contributed by atoms with E-state index in [0.717, 1.165) is 4.70 Å². The van der Waals surface area contributed by atoms with Crippen molar-refractivity contribution in [3.05, 3.63) is 94.3 Å². The van der Waals surface area contributed by atoms with Gasteiger partial charge in [0.25, 0.3) is 5.78 Å². The molecule has 0 unspecified atom stereocenters. The zero-order valence-corrected chi connectivity index (χ0v) is 19.9. The van der Waals surface area contributed by atoms with Gasteiger partial charge in [-0.1, -0.05) is 35.1 Å². The van der Waals surface area contributed by atoms with E-state index in [0.29, 0.717) is 33.6 Å². The number of carbonyl (C=O) groups excluding carboxylic acids is 2. The Hall–Kier alpha value is -3.75. The minimum atomic E-state index is -0.981. The van der Waals surface area contributed by atoms with Gasteiger partial charge in [0.2, 0.25) is 0 Å². The SMILES string of the molecule is CCOc1ccc2nc(N3C(=O)C(=O)C(=C(O)c4ccc(F)cc4)[C@H]3c3cccc(Cl)c3)sc2c1. The summed E-state index contributed by atoms with van der Waals surface area (Å²) in [5.41, 5.74) is 1.24. The van der Waals surface area contributed by atoms with Gasteiger partial charge in [-0.15, -0.1) is 0 Å². The zero-order valence-electron chi connectivity index (χ0n) is 18.4. The Morgan fingerprint density at radius 1 is 1.14 bits per heavy atom. The number of ether oxygens (including phenoxy) is 1. The van der Waals surface area contributed by atoms with Gasteiger partial charge in [0, 0.05) is 10.6 Å². The van der Waals surface area contributed by atoms with Crippen LogP contribution in [0.3, 0.4) is 0 Å². The van der Waals surface area contributed by atoms with Crippen LogP contribution in [-0.4, -0.2) is 28.4 Å². The summed E-state index contributed by atoms with van der Waals surface area (Å²) in [7, 11) is 0. The summed E-state index contributed by atoms with van der Waals surface area (Å²) in [6.45, 7) is 2.39. The van der Waals surface area contributed by atoms with Crippen molar-refractivity contribution in [3.63, 3.8) is 0 Å². The standard InChI is InChI=1S/C26H18ClFN2O4S/c1-2-34-18-10-11-19-20(13-18)35-26(29-19)30-22(15-4-3-5-16(27)12-15)21(24(32)25(30)33)23(31)14-6-8-17(28)9-7-14/h3-13,22,31H,2H2,1H3/t22-/m1/s1. The molecule has 0 radical (unpaired) electrons. The van der Waals surface area contributed by atoms with Gasteiger partial charge in [-0.25, -0.2) is 9.37 Å². The predicted octanol–water partition coefficient (Wildman–Crippen LogP) is 6.11. The molecule has 0 aliphatic carbocycles. The molecular formula is C26H18ClFN2O4S. The highest BCUT2D eigenvalue weighted by Crippen LogP contribution is 2.45. The van der Waals surface area contributed by atoms with Crippen LogP contribution in [-0.2, 0) is 9.59 Å². The third kappa shape index (κ3) is 4.15. The Balaban J connectivity index is 1.70. The normalized spacial score (nSPS) is 17.3. The molecule has 1 N–H and O–H groups in total. The Morgan fingerprint density at radius 2 is 1.91 bits per heavy atom. The number of benzene rings is 3. The fraction of sp³-hybridized carbons (Fsp3) is 0.115. The number of halogens is 2. The monoisotopic (exact) mass is 508 g/mol.